The fourth-order valence-corrected chi connectivity index (χ4v) is 1.53. The predicted octanol–water partition coefficient (Wildman–Crippen LogP) is 3.06. The first-order valence-electron chi connectivity index (χ1n) is 4.59. The minimum atomic E-state index is -1.41. The molecule has 0 amide bonds. The van der Waals surface area contributed by atoms with Crippen molar-refractivity contribution in [2.75, 3.05) is 0 Å². The van der Waals surface area contributed by atoms with Crippen molar-refractivity contribution >= 4 is 29.2 Å². The van der Waals surface area contributed by atoms with E-state index in [-0.39, 0.29) is 6.10 Å². The number of halogens is 2. The van der Waals surface area contributed by atoms with Gasteiger partial charge in [0, 0.05) is 0 Å². The molecule has 0 aromatic heterocycles. The number of hydrogen-bond acceptors (Lipinski definition) is 2. The van der Waals surface area contributed by atoms with Gasteiger partial charge in [-0.1, -0.05) is 29.6 Å². The lowest BCUT2D eigenvalue weighted by Crippen LogP contribution is -2.30. The molecule has 1 saturated carbocycles. The van der Waals surface area contributed by atoms with Gasteiger partial charge in [0.25, 0.3) is 0 Å². The first-order valence-corrected chi connectivity index (χ1v) is 5.34. The van der Waals surface area contributed by atoms with Crippen LogP contribution in [0.25, 0.3) is 0 Å². The van der Waals surface area contributed by atoms with E-state index >= 15 is 0 Å². The lowest BCUT2D eigenvalue weighted by atomic mass is 9.98. The molecule has 0 radical (unpaired) electrons. The number of alkyl halides is 2. The summed E-state index contributed by atoms with van der Waals surface area (Å²) in [6.45, 7) is 1.43. The summed E-state index contributed by atoms with van der Waals surface area (Å²) in [6, 6.07) is 0. The highest BCUT2D eigenvalue weighted by Crippen LogP contribution is 2.26. The lowest BCUT2D eigenvalue weighted by Gasteiger charge is -2.24. The molecule has 0 spiro atoms. The summed E-state index contributed by atoms with van der Waals surface area (Å²) < 4.78 is 3.75. The molecule has 1 aliphatic carbocycles. The van der Waals surface area contributed by atoms with Gasteiger partial charge in [0.05, 0.1) is 0 Å². The molecule has 1 fully saturated rings. The molecular formula is C9H14Cl2O2. The Bertz CT molecular complexity index is 181. The van der Waals surface area contributed by atoms with Gasteiger partial charge in [-0.15, -0.1) is 0 Å². The molecule has 1 rings (SSSR count). The van der Waals surface area contributed by atoms with Gasteiger partial charge in [-0.2, -0.15) is 0 Å². The van der Waals surface area contributed by atoms with E-state index < -0.39 is 10.3 Å². The molecule has 2 nitrogen and oxygen atoms in total. The maximum atomic E-state index is 11.2. The smallest absolute Gasteiger partial charge is 0.342 e. The van der Waals surface area contributed by atoms with Crippen LogP contribution in [-0.2, 0) is 9.53 Å². The molecule has 0 N–H and O–H groups in total. The van der Waals surface area contributed by atoms with E-state index in [1.54, 1.807) is 0 Å². The van der Waals surface area contributed by atoms with Crippen LogP contribution in [0.1, 0.15) is 39.0 Å². The van der Waals surface area contributed by atoms with Crippen molar-refractivity contribution in [3.8, 4) is 0 Å². The van der Waals surface area contributed by atoms with E-state index in [1.807, 2.05) is 0 Å². The maximum absolute atomic E-state index is 11.2. The van der Waals surface area contributed by atoms with Crippen LogP contribution in [0, 0.1) is 0 Å². The Morgan fingerprint density at radius 3 is 2.31 bits per heavy atom. The standard InChI is InChI=1S/C9H14Cl2O2/c1-9(10,11)8(12)13-7-5-3-2-4-6-7/h7H,2-6H2,1H3. The molecule has 0 heterocycles. The molecule has 0 bridgehead atoms. The third kappa shape index (κ3) is 3.74. The van der Waals surface area contributed by atoms with Gasteiger partial charge < -0.3 is 4.74 Å². The average Bonchev–Trinajstić information content (AvgIpc) is 2.04. The van der Waals surface area contributed by atoms with E-state index in [9.17, 15) is 4.79 Å². The molecule has 0 unspecified atom stereocenters. The van der Waals surface area contributed by atoms with Crippen LogP contribution in [0.15, 0.2) is 0 Å². The van der Waals surface area contributed by atoms with Crippen LogP contribution in [0.3, 0.4) is 0 Å². The van der Waals surface area contributed by atoms with Gasteiger partial charge in [0.2, 0.25) is 4.33 Å². The van der Waals surface area contributed by atoms with Crippen LogP contribution >= 0.6 is 23.2 Å². The van der Waals surface area contributed by atoms with E-state index in [4.69, 9.17) is 27.9 Å². The zero-order chi connectivity index (χ0) is 9.90. The minimum absolute atomic E-state index is 0.0260. The van der Waals surface area contributed by atoms with Crippen LogP contribution in [0.4, 0.5) is 0 Å². The van der Waals surface area contributed by atoms with Crippen molar-refractivity contribution in [3.05, 3.63) is 0 Å². The van der Waals surface area contributed by atoms with Gasteiger partial charge in [0.1, 0.15) is 6.10 Å². The van der Waals surface area contributed by atoms with Gasteiger partial charge >= 0.3 is 5.97 Å². The molecule has 76 valence electrons. The Labute approximate surface area is 88.5 Å². The fraction of sp³-hybridized carbons (Fsp3) is 0.889. The third-order valence-electron chi connectivity index (χ3n) is 2.18. The molecule has 0 aromatic carbocycles. The highest BCUT2D eigenvalue weighted by molar-refractivity contribution is 6.57. The summed E-state index contributed by atoms with van der Waals surface area (Å²) in [7, 11) is 0. The molecule has 0 aromatic rings. The van der Waals surface area contributed by atoms with Gasteiger partial charge in [-0.3, -0.25) is 0 Å². The summed E-state index contributed by atoms with van der Waals surface area (Å²) in [5, 5.41) is 0. The van der Waals surface area contributed by atoms with Crippen molar-refractivity contribution in [3.63, 3.8) is 0 Å². The Morgan fingerprint density at radius 1 is 1.31 bits per heavy atom. The average molecular weight is 225 g/mol. The molecule has 0 saturated heterocycles. The summed E-state index contributed by atoms with van der Waals surface area (Å²) >= 11 is 11.2. The molecule has 13 heavy (non-hydrogen) atoms. The zero-order valence-electron chi connectivity index (χ0n) is 7.69. The van der Waals surface area contributed by atoms with Gasteiger partial charge in [0.15, 0.2) is 0 Å². The zero-order valence-corrected chi connectivity index (χ0v) is 9.20. The van der Waals surface area contributed by atoms with Crippen molar-refractivity contribution in [2.45, 2.75) is 49.5 Å². The van der Waals surface area contributed by atoms with Crippen LogP contribution < -0.4 is 0 Å². The van der Waals surface area contributed by atoms with Crippen molar-refractivity contribution in [1.29, 1.82) is 0 Å². The number of carbonyl (C=O) groups is 1. The van der Waals surface area contributed by atoms with Crippen molar-refractivity contribution in [2.24, 2.45) is 0 Å². The quantitative estimate of drug-likeness (QED) is 0.533. The topological polar surface area (TPSA) is 26.3 Å². The highest BCUT2D eigenvalue weighted by Gasteiger charge is 2.31. The molecule has 0 aliphatic heterocycles. The third-order valence-corrected chi connectivity index (χ3v) is 2.49. The summed E-state index contributed by atoms with van der Waals surface area (Å²) in [5.41, 5.74) is 0. The number of carbonyl (C=O) groups excluding carboxylic acids is 1. The Morgan fingerprint density at radius 2 is 1.85 bits per heavy atom. The van der Waals surface area contributed by atoms with E-state index in [0.29, 0.717) is 0 Å². The Kier molecular flexibility index (Phi) is 3.87. The second kappa shape index (κ2) is 4.52. The van der Waals surface area contributed by atoms with Crippen LogP contribution in [0.5, 0.6) is 0 Å². The highest BCUT2D eigenvalue weighted by atomic mass is 35.5. The maximum Gasteiger partial charge on any atom is 0.342 e. The molecule has 0 atom stereocenters. The number of ether oxygens (including phenoxy) is 1. The van der Waals surface area contributed by atoms with Crippen LogP contribution in [-0.4, -0.2) is 16.4 Å². The van der Waals surface area contributed by atoms with Crippen molar-refractivity contribution in [1.82, 2.24) is 0 Å². The monoisotopic (exact) mass is 224 g/mol. The van der Waals surface area contributed by atoms with E-state index in [1.165, 1.54) is 13.3 Å². The molecule has 1 aliphatic rings. The second-order valence-corrected chi connectivity index (χ2v) is 5.26. The fourth-order valence-electron chi connectivity index (χ4n) is 1.44. The first kappa shape index (κ1) is 11.1. The number of rotatable bonds is 2. The lowest BCUT2D eigenvalue weighted by molar-refractivity contribution is -0.150. The molecular weight excluding hydrogens is 211 g/mol. The normalized spacial score (nSPS) is 19.9. The summed E-state index contributed by atoms with van der Waals surface area (Å²) in [6.07, 6.45) is 5.38. The van der Waals surface area contributed by atoms with Gasteiger partial charge in [-0.05, 0) is 32.6 Å². The van der Waals surface area contributed by atoms with Crippen LogP contribution in [0.2, 0.25) is 0 Å². The number of hydrogen-bond donors (Lipinski definition) is 0. The SMILES string of the molecule is CC(Cl)(Cl)C(=O)OC1CCCCC1. The van der Waals surface area contributed by atoms with Gasteiger partial charge in [-0.25, -0.2) is 4.79 Å². The first-order chi connectivity index (χ1) is 6.00. The predicted molar refractivity (Wildman–Crippen MR) is 53.1 cm³/mol. The largest absolute Gasteiger partial charge is 0.460 e. The Hall–Kier alpha value is 0.0500. The number of esters is 1. The second-order valence-electron chi connectivity index (χ2n) is 3.55. The van der Waals surface area contributed by atoms with Crippen molar-refractivity contribution < 1.29 is 9.53 Å². The summed E-state index contributed by atoms with van der Waals surface area (Å²) in [4.78, 5) is 11.2. The van der Waals surface area contributed by atoms with E-state index in [2.05, 4.69) is 0 Å². The summed E-state index contributed by atoms with van der Waals surface area (Å²) in [5.74, 6) is -0.525. The van der Waals surface area contributed by atoms with E-state index in [0.717, 1.165) is 25.7 Å². The minimum Gasteiger partial charge on any atom is -0.460 e. The molecule has 4 heteroatoms. The Balaban J connectivity index is 2.35.